The minimum absolute atomic E-state index is 0.220. The molecule has 2 aliphatic rings. The molecule has 4 N–H and O–H groups in total. The van der Waals surface area contributed by atoms with Crippen LogP contribution in [-0.4, -0.2) is 52.9 Å². The van der Waals surface area contributed by atoms with Crippen LogP contribution in [0.25, 0.3) is 0 Å². The van der Waals surface area contributed by atoms with Gasteiger partial charge in [0.1, 0.15) is 24.4 Å². The zero-order valence-corrected chi connectivity index (χ0v) is 7.75. The molecule has 15 heavy (non-hydrogen) atoms. The van der Waals surface area contributed by atoms with E-state index in [2.05, 4.69) is 4.99 Å². The number of ether oxygens (including phenoxy) is 1. The average molecular weight is 222 g/mol. The number of rotatable bonds is 1. The van der Waals surface area contributed by atoms with Crippen molar-refractivity contribution in [3.8, 4) is 0 Å². The van der Waals surface area contributed by atoms with Crippen LogP contribution in [0, 0.1) is 0 Å². The zero-order valence-electron chi connectivity index (χ0n) is 7.75. The van der Waals surface area contributed by atoms with Gasteiger partial charge in [-0.1, -0.05) is 0 Å². The average Bonchev–Trinajstić information content (AvgIpc) is 2.52. The van der Waals surface area contributed by atoms with Crippen LogP contribution < -0.4 is 5.73 Å². The fourth-order valence-electron chi connectivity index (χ4n) is 1.97. The highest BCUT2D eigenvalue weighted by Crippen LogP contribution is 2.31. The second-order valence-corrected chi connectivity index (χ2v) is 3.77. The van der Waals surface area contributed by atoms with E-state index in [0.29, 0.717) is 0 Å². The lowest BCUT2D eigenvalue weighted by atomic mass is 9.93. The van der Waals surface area contributed by atoms with Gasteiger partial charge in [0, 0.05) is 6.42 Å². The Bertz CT molecular complexity index is 287. The highest BCUT2D eigenvalue weighted by atomic mass is 19.3. The fraction of sp³-hybridized carbons (Fsp3) is 0.875. The molecular formula is C8H12F2N2O3. The highest BCUT2D eigenvalue weighted by molar-refractivity contribution is 5.83. The molecule has 0 aliphatic carbocycles. The first-order valence-corrected chi connectivity index (χ1v) is 4.62. The summed E-state index contributed by atoms with van der Waals surface area (Å²) in [6.07, 6.45) is -7.90. The Hall–Kier alpha value is -0.790. The third-order valence-electron chi connectivity index (χ3n) is 2.72. The number of fused-ring (bicyclic) bond motifs is 1. The summed E-state index contributed by atoms with van der Waals surface area (Å²) < 4.78 is 29.8. The lowest BCUT2D eigenvalue weighted by molar-refractivity contribution is -0.209. The van der Waals surface area contributed by atoms with E-state index in [4.69, 9.17) is 10.5 Å². The number of hydrogen-bond donors (Lipinski definition) is 3. The molecular weight excluding hydrogens is 210 g/mol. The van der Waals surface area contributed by atoms with Gasteiger partial charge in [0.25, 0.3) is 6.43 Å². The van der Waals surface area contributed by atoms with Gasteiger partial charge in [-0.3, -0.25) is 4.99 Å². The first kappa shape index (κ1) is 10.7. The number of aliphatic hydroxyl groups excluding tert-OH is 2. The van der Waals surface area contributed by atoms with Crippen LogP contribution in [0.4, 0.5) is 8.78 Å². The van der Waals surface area contributed by atoms with E-state index in [1.165, 1.54) is 0 Å². The molecule has 5 atom stereocenters. The van der Waals surface area contributed by atoms with E-state index < -0.39 is 36.9 Å². The molecule has 0 aromatic heterocycles. The summed E-state index contributed by atoms with van der Waals surface area (Å²) in [4.78, 5) is 3.85. The Balaban J connectivity index is 2.16. The molecule has 0 spiro atoms. The molecule has 1 unspecified atom stereocenters. The normalized spacial score (nSPS) is 45.4. The number of aliphatic imine (C=N–C) groups is 1. The molecule has 0 aromatic rings. The predicted octanol–water partition coefficient (Wildman–Crippen LogP) is -1.13. The number of alkyl halides is 2. The van der Waals surface area contributed by atoms with E-state index in [9.17, 15) is 19.0 Å². The Labute approximate surface area is 84.6 Å². The van der Waals surface area contributed by atoms with Crippen molar-refractivity contribution in [3.05, 3.63) is 0 Å². The van der Waals surface area contributed by atoms with Gasteiger partial charge >= 0.3 is 0 Å². The van der Waals surface area contributed by atoms with Crippen molar-refractivity contribution in [2.75, 3.05) is 0 Å². The number of aliphatic hydroxyl groups is 2. The number of hydrogen-bond acceptors (Lipinski definition) is 5. The smallest absolute Gasteiger partial charge is 0.267 e. The van der Waals surface area contributed by atoms with Crippen LogP contribution >= 0.6 is 0 Å². The van der Waals surface area contributed by atoms with Gasteiger partial charge in [0.15, 0.2) is 0 Å². The topological polar surface area (TPSA) is 88.1 Å². The molecule has 0 amide bonds. The number of halogens is 2. The van der Waals surface area contributed by atoms with Crippen molar-refractivity contribution in [2.24, 2.45) is 10.7 Å². The van der Waals surface area contributed by atoms with Crippen LogP contribution in [0.1, 0.15) is 6.42 Å². The first-order chi connectivity index (χ1) is 7.00. The summed E-state index contributed by atoms with van der Waals surface area (Å²) in [6, 6.07) is -0.727. The van der Waals surface area contributed by atoms with E-state index in [1.807, 2.05) is 0 Å². The second-order valence-electron chi connectivity index (χ2n) is 3.77. The summed E-state index contributed by atoms with van der Waals surface area (Å²) >= 11 is 0. The lowest BCUT2D eigenvalue weighted by Gasteiger charge is -2.38. The molecule has 2 heterocycles. The van der Waals surface area contributed by atoms with Crippen LogP contribution in [-0.2, 0) is 4.74 Å². The zero-order chi connectivity index (χ0) is 11.2. The maximum atomic E-state index is 12.4. The molecule has 2 aliphatic heterocycles. The minimum atomic E-state index is -2.84. The van der Waals surface area contributed by atoms with Gasteiger partial charge in [0.2, 0.25) is 0 Å². The molecule has 0 bridgehead atoms. The molecule has 0 radical (unpaired) electrons. The quantitative estimate of drug-likeness (QED) is 0.524. The van der Waals surface area contributed by atoms with E-state index in [0.717, 1.165) is 0 Å². The van der Waals surface area contributed by atoms with Crippen molar-refractivity contribution in [2.45, 2.75) is 43.3 Å². The van der Waals surface area contributed by atoms with Crippen LogP contribution in [0.5, 0.6) is 0 Å². The molecule has 1 saturated heterocycles. The van der Waals surface area contributed by atoms with Crippen molar-refractivity contribution < 1.29 is 23.7 Å². The van der Waals surface area contributed by atoms with Crippen molar-refractivity contribution in [3.63, 3.8) is 0 Å². The lowest BCUT2D eigenvalue weighted by Crippen LogP contribution is -2.57. The fourth-order valence-corrected chi connectivity index (χ4v) is 1.97. The standard InChI is InChI=1S/C8H12F2N2O3/c9-8(10)7-6(14)5(13)4-2(15-7)1-3(11)12-4/h2,4-8,13-14H,1H2,(H2,11,12)/t2-,4+,5-,6+,7?/m1/s1. The van der Waals surface area contributed by atoms with Crippen molar-refractivity contribution in [1.82, 2.24) is 0 Å². The summed E-state index contributed by atoms with van der Waals surface area (Å²) in [5.74, 6) is 0.256. The molecule has 7 heteroatoms. The number of nitrogens with two attached hydrogens (primary N) is 1. The largest absolute Gasteiger partial charge is 0.388 e. The third kappa shape index (κ3) is 1.70. The Morgan fingerprint density at radius 1 is 1.40 bits per heavy atom. The van der Waals surface area contributed by atoms with Gasteiger partial charge in [-0.05, 0) is 0 Å². The molecule has 0 saturated carbocycles. The van der Waals surface area contributed by atoms with Gasteiger partial charge < -0.3 is 20.7 Å². The molecule has 1 fully saturated rings. The SMILES string of the molecule is NC1=N[C@@H]2[C@@H](O)[C@H](O)C(C(F)F)O[C@@H]2C1. The van der Waals surface area contributed by atoms with E-state index >= 15 is 0 Å². The maximum absolute atomic E-state index is 12.4. The molecule has 2 rings (SSSR count). The van der Waals surface area contributed by atoms with Gasteiger partial charge in [-0.25, -0.2) is 8.78 Å². The van der Waals surface area contributed by atoms with Crippen molar-refractivity contribution in [1.29, 1.82) is 0 Å². The number of nitrogens with zero attached hydrogens (tertiary/aromatic N) is 1. The molecule has 5 nitrogen and oxygen atoms in total. The number of amidine groups is 1. The maximum Gasteiger partial charge on any atom is 0.267 e. The van der Waals surface area contributed by atoms with Gasteiger partial charge in [-0.2, -0.15) is 0 Å². The van der Waals surface area contributed by atoms with Crippen LogP contribution in [0.2, 0.25) is 0 Å². The third-order valence-corrected chi connectivity index (χ3v) is 2.72. The van der Waals surface area contributed by atoms with Crippen molar-refractivity contribution >= 4 is 5.84 Å². The minimum Gasteiger partial charge on any atom is -0.388 e. The second kappa shape index (κ2) is 3.66. The van der Waals surface area contributed by atoms with E-state index in [-0.39, 0.29) is 12.3 Å². The van der Waals surface area contributed by atoms with Crippen LogP contribution in [0.15, 0.2) is 4.99 Å². The first-order valence-electron chi connectivity index (χ1n) is 4.62. The summed E-state index contributed by atoms with van der Waals surface area (Å²) in [7, 11) is 0. The monoisotopic (exact) mass is 222 g/mol. The summed E-state index contributed by atoms with van der Waals surface area (Å²) in [6.45, 7) is 0. The van der Waals surface area contributed by atoms with Crippen LogP contribution in [0.3, 0.4) is 0 Å². The molecule has 86 valence electrons. The Kier molecular flexibility index (Phi) is 2.61. The molecule has 0 aromatic carbocycles. The Morgan fingerprint density at radius 2 is 2.07 bits per heavy atom. The van der Waals surface area contributed by atoms with Gasteiger partial charge in [-0.15, -0.1) is 0 Å². The predicted molar refractivity (Wildman–Crippen MR) is 46.7 cm³/mol. The summed E-state index contributed by atoms with van der Waals surface area (Å²) in [5, 5.41) is 18.9. The van der Waals surface area contributed by atoms with Gasteiger partial charge in [0.05, 0.1) is 11.9 Å². The highest BCUT2D eigenvalue weighted by Gasteiger charge is 2.49. The Morgan fingerprint density at radius 3 is 2.67 bits per heavy atom. The van der Waals surface area contributed by atoms with E-state index in [1.54, 1.807) is 0 Å². The summed E-state index contributed by atoms with van der Waals surface area (Å²) in [5.41, 5.74) is 5.41.